The number of nitrogens with one attached hydrogen (secondary N) is 1. The summed E-state index contributed by atoms with van der Waals surface area (Å²) in [7, 11) is 0. The molecule has 2 heterocycles. The van der Waals surface area contributed by atoms with Crippen LogP contribution < -0.4 is 5.32 Å². The van der Waals surface area contributed by atoms with Gasteiger partial charge in [0.25, 0.3) is 0 Å². The van der Waals surface area contributed by atoms with Crippen LogP contribution in [0.2, 0.25) is 5.02 Å². The van der Waals surface area contributed by atoms with Crippen molar-refractivity contribution in [2.45, 2.75) is 24.4 Å². The number of fused-ring (bicyclic) bond motifs is 1. The third-order valence-electron chi connectivity index (χ3n) is 4.32. The van der Waals surface area contributed by atoms with Crippen LogP contribution in [-0.4, -0.2) is 21.1 Å². The lowest BCUT2D eigenvalue weighted by molar-refractivity contribution is -0.162. The summed E-state index contributed by atoms with van der Waals surface area (Å²) in [6.45, 7) is 0. The molecule has 128 valence electrons. The van der Waals surface area contributed by atoms with Crippen LogP contribution in [0.4, 0.5) is 24.7 Å². The van der Waals surface area contributed by atoms with Gasteiger partial charge in [0, 0.05) is 5.39 Å². The molecule has 1 aliphatic carbocycles. The standard InChI is InChI=1S/C17H12ClF3N4/c18-12-3-1-2-10-4-5-13(25-14(10)12)24-11-8-22-15(23-9-11)16(6-7-16)17(19,20)21/h1-5,8-9H,6-7H2,(H,24,25). The van der Waals surface area contributed by atoms with Gasteiger partial charge in [-0.05, 0) is 31.0 Å². The Kier molecular flexibility index (Phi) is 3.57. The maximum absolute atomic E-state index is 13.1. The van der Waals surface area contributed by atoms with E-state index in [4.69, 9.17) is 11.6 Å². The Hall–Kier alpha value is -2.41. The Morgan fingerprint density at radius 2 is 1.76 bits per heavy atom. The van der Waals surface area contributed by atoms with Crippen molar-refractivity contribution in [3.8, 4) is 0 Å². The molecule has 1 saturated carbocycles. The fourth-order valence-corrected chi connectivity index (χ4v) is 2.95. The van der Waals surface area contributed by atoms with Gasteiger partial charge in [0.2, 0.25) is 0 Å². The van der Waals surface area contributed by atoms with Crippen molar-refractivity contribution in [3.63, 3.8) is 0 Å². The molecule has 3 aromatic rings. The van der Waals surface area contributed by atoms with E-state index in [2.05, 4.69) is 20.3 Å². The number of rotatable bonds is 3. The highest BCUT2D eigenvalue weighted by atomic mass is 35.5. The Morgan fingerprint density at radius 1 is 1.04 bits per heavy atom. The number of aromatic nitrogens is 3. The van der Waals surface area contributed by atoms with Crippen LogP contribution >= 0.6 is 11.6 Å². The molecule has 0 bridgehead atoms. The van der Waals surface area contributed by atoms with E-state index in [1.807, 2.05) is 18.2 Å². The summed E-state index contributed by atoms with van der Waals surface area (Å²) in [6.07, 6.45) is -1.57. The van der Waals surface area contributed by atoms with Crippen molar-refractivity contribution in [2.24, 2.45) is 0 Å². The molecule has 0 amide bonds. The Labute approximate surface area is 146 Å². The molecule has 2 aromatic heterocycles. The molecule has 1 fully saturated rings. The quantitative estimate of drug-likeness (QED) is 0.709. The van der Waals surface area contributed by atoms with Crippen LogP contribution in [0.15, 0.2) is 42.7 Å². The lowest BCUT2D eigenvalue weighted by Gasteiger charge is -2.17. The zero-order chi connectivity index (χ0) is 17.7. The van der Waals surface area contributed by atoms with Crippen LogP contribution in [0, 0.1) is 0 Å². The molecule has 4 nitrogen and oxygen atoms in total. The average Bonchev–Trinajstić information content (AvgIpc) is 3.38. The minimum absolute atomic E-state index is 0.0357. The maximum Gasteiger partial charge on any atom is 0.401 e. The summed E-state index contributed by atoms with van der Waals surface area (Å²) in [5.41, 5.74) is -0.776. The summed E-state index contributed by atoms with van der Waals surface area (Å²) in [5.74, 6) is 0.328. The third-order valence-corrected chi connectivity index (χ3v) is 4.62. The number of nitrogens with zero attached hydrogens (tertiary/aromatic N) is 3. The topological polar surface area (TPSA) is 50.7 Å². The summed E-state index contributed by atoms with van der Waals surface area (Å²) in [6, 6.07) is 9.08. The molecular weight excluding hydrogens is 353 g/mol. The first-order valence-electron chi connectivity index (χ1n) is 7.61. The largest absolute Gasteiger partial charge is 0.401 e. The van der Waals surface area contributed by atoms with Gasteiger partial charge in [0.1, 0.15) is 17.1 Å². The molecule has 0 radical (unpaired) electrons. The van der Waals surface area contributed by atoms with Crippen LogP contribution in [0.25, 0.3) is 10.9 Å². The zero-order valence-corrected chi connectivity index (χ0v) is 13.6. The summed E-state index contributed by atoms with van der Waals surface area (Å²) in [5, 5.41) is 4.40. The Bertz CT molecular complexity index is 937. The van der Waals surface area contributed by atoms with E-state index < -0.39 is 11.6 Å². The third kappa shape index (κ3) is 2.78. The number of alkyl halides is 3. The Morgan fingerprint density at radius 3 is 2.40 bits per heavy atom. The van der Waals surface area contributed by atoms with E-state index >= 15 is 0 Å². The number of halogens is 4. The van der Waals surface area contributed by atoms with E-state index in [0.717, 1.165) is 5.39 Å². The van der Waals surface area contributed by atoms with Gasteiger partial charge in [-0.1, -0.05) is 23.7 Å². The van der Waals surface area contributed by atoms with E-state index in [9.17, 15) is 13.2 Å². The zero-order valence-electron chi connectivity index (χ0n) is 12.8. The molecule has 1 aliphatic rings. The summed E-state index contributed by atoms with van der Waals surface area (Å²) in [4.78, 5) is 12.2. The average molecular weight is 365 g/mol. The number of hydrogen-bond donors (Lipinski definition) is 1. The Balaban J connectivity index is 1.59. The van der Waals surface area contributed by atoms with E-state index in [1.54, 1.807) is 12.1 Å². The summed E-state index contributed by atoms with van der Waals surface area (Å²) >= 11 is 6.13. The van der Waals surface area contributed by atoms with Gasteiger partial charge in [-0.3, -0.25) is 0 Å². The molecule has 25 heavy (non-hydrogen) atoms. The van der Waals surface area contributed by atoms with Crippen LogP contribution in [0.3, 0.4) is 0 Å². The molecule has 0 unspecified atom stereocenters. The minimum atomic E-state index is -4.32. The van der Waals surface area contributed by atoms with Gasteiger partial charge in [0.15, 0.2) is 0 Å². The van der Waals surface area contributed by atoms with Crippen LogP contribution in [0.5, 0.6) is 0 Å². The monoisotopic (exact) mass is 364 g/mol. The number of para-hydroxylation sites is 1. The second-order valence-electron chi connectivity index (χ2n) is 6.01. The fourth-order valence-electron chi connectivity index (χ4n) is 2.73. The first-order valence-corrected chi connectivity index (χ1v) is 7.98. The maximum atomic E-state index is 13.1. The van der Waals surface area contributed by atoms with Crippen molar-refractivity contribution >= 4 is 34.0 Å². The molecular formula is C17H12ClF3N4. The van der Waals surface area contributed by atoms with Crippen molar-refractivity contribution in [2.75, 3.05) is 5.32 Å². The minimum Gasteiger partial charge on any atom is -0.338 e. The molecule has 1 N–H and O–H groups in total. The molecule has 1 aromatic carbocycles. The molecule has 4 rings (SSSR count). The van der Waals surface area contributed by atoms with Crippen molar-refractivity contribution in [1.29, 1.82) is 0 Å². The highest BCUT2D eigenvalue weighted by Crippen LogP contribution is 2.57. The van der Waals surface area contributed by atoms with Gasteiger partial charge in [-0.25, -0.2) is 15.0 Å². The number of pyridine rings is 1. The molecule has 0 spiro atoms. The van der Waals surface area contributed by atoms with Gasteiger partial charge in [0.05, 0.1) is 28.6 Å². The van der Waals surface area contributed by atoms with Crippen LogP contribution in [0.1, 0.15) is 18.7 Å². The van der Waals surface area contributed by atoms with E-state index in [1.165, 1.54) is 12.4 Å². The fraction of sp³-hybridized carbons (Fsp3) is 0.235. The molecule has 0 atom stereocenters. The van der Waals surface area contributed by atoms with Gasteiger partial charge < -0.3 is 5.32 Å². The second kappa shape index (κ2) is 5.56. The highest BCUT2D eigenvalue weighted by molar-refractivity contribution is 6.35. The number of hydrogen-bond acceptors (Lipinski definition) is 4. The highest BCUT2D eigenvalue weighted by Gasteiger charge is 2.66. The normalized spacial score (nSPS) is 16.0. The van der Waals surface area contributed by atoms with Crippen LogP contribution in [-0.2, 0) is 5.41 Å². The molecule has 8 heteroatoms. The van der Waals surface area contributed by atoms with Gasteiger partial charge in [-0.15, -0.1) is 0 Å². The first kappa shape index (κ1) is 16.1. The number of anilines is 2. The van der Waals surface area contributed by atoms with Crippen molar-refractivity contribution < 1.29 is 13.2 Å². The van der Waals surface area contributed by atoms with Crippen molar-refractivity contribution in [1.82, 2.24) is 15.0 Å². The smallest absolute Gasteiger partial charge is 0.338 e. The van der Waals surface area contributed by atoms with Gasteiger partial charge in [-0.2, -0.15) is 13.2 Å². The second-order valence-corrected chi connectivity index (χ2v) is 6.42. The number of benzene rings is 1. The lowest BCUT2D eigenvalue weighted by atomic mass is 10.1. The predicted molar refractivity (Wildman–Crippen MR) is 89.0 cm³/mol. The molecule has 0 saturated heterocycles. The summed E-state index contributed by atoms with van der Waals surface area (Å²) < 4.78 is 39.3. The van der Waals surface area contributed by atoms with E-state index in [0.29, 0.717) is 22.0 Å². The predicted octanol–water partition coefficient (Wildman–Crippen LogP) is 5.02. The van der Waals surface area contributed by atoms with Gasteiger partial charge >= 0.3 is 6.18 Å². The molecule has 0 aliphatic heterocycles. The lowest BCUT2D eigenvalue weighted by Crippen LogP contribution is -2.30. The van der Waals surface area contributed by atoms with Crippen molar-refractivity contribution in [3.05, 3.63) is 53.6 Å². The first-order chi connectivity index (χ1) is 11.9. The van der Waals surface area contributed by atoms with E-state index in [-0.39, 0.29) is 18.7 Å². The SMILES string of the molecule is FC(F)(F)C1(c2ncc(Nc3ccc4cccc(Cl)c4n3)cn2)CC1.